The fraction of sp³-hybridized carbons (Fsp3) is 0.231. The molecule has 4 nitrogen and oxygen atoms in total. The number of carbonyl (C=O) groups is 1. The van der Waals surface area contributed by atoms with Gasteiger partial charge in [0.05, 0.1) is 5.51 Å². The van der Waals surface area contributed by atoms with Crippen LogP contribution in [-0.2, 0) is 17.9 Å². The molecule has 0 spiro atoms. The predicted octanol–water partition coefficient (Wildman–Crippen LogP) is 2.39. The minimum Gasteiger partial charge on any atom is -0.326 e. The van der Waals surface area contributed by atoms with Gasteiger partial charge in [-0.05, 0) is 11.6 Å². The third kappa shape index (κ3) is 3.65. The summed E-state index contributed by atoms with van der Waals surface area (Å²) in [5, 5.41) is 6.17. The molecule has 2 rings (SSSR count). The van der Waals surface area contributed by atoms with Gasteiger partial charge in [0.15, 0.2) is 0 Å². The molecule has 0 atom stereocenters. The highest BCUT2D eigenvalue weighted by Crippen LogP contribution is 2.15. The summed E-state index contributed by atoms with van der Waals surface area (Å²) in [6.07, 6.45) is 1.86. The van der Waals surface area contributed by atoms with Gasteiger partial charge < -0.3 is 10.6 Å². The van der Waals surface area contributed by atoms with Crippen LogP contribution in [0.3, 0.4) is 0 Å². The van der Waals surface area contributed by atoms with Crippen molar-refractivity contribution in [2.75, 3.05) is 5.32 Å². The summed E-state index contributed by atoms with van der Waals surface area (Å²) >= 11 is 1.63. The number of aromatic nitrogens is 1. The zero-order valence-corrected chi connectivity index (χ0v) is 11.0. The summed E-state index contributed by atoms with van der Waals surface area (Å²) in [4.78, 5) is 16.3. The number of amides is 1. The smallest absolute Gasteiger partial charge is 0.221 e. The third-order valence-corrected chi connectivity index (χ3v) is 3.21. The SMILES string of the molecule is CC(=O)Nc1ccccc1CNCc1cncs1. The van der Waals surface area contributed by atoms with E-state index in [9.17, 15) is 4.79 Å². The molecule has 0 unspecified atom stereocenters. The maximum Gasteiger partial charge on any atom is 0.221 e. The second-order valence-corrected chi connectivity index (χ2v) is 4.88. The Balaban J connectivity index is 1.94. The molecular weight excluding hydrogens is 246 g/mol. The molecule has 2 N–H and O–H groups in total. The molecular formula is C13H15N3OS. The first-order chi connectivity index (χ1) is 8.75. The molecule has 0 saturated heterocycles. The first-order valence-corrected chi connectivity index (χ1v) is 6.57. The van der Waals surface area contributed by atoms with E-state index in [1.807, 2.05) is 36.0 Å². The van der Waals surface area contributed by atoms with Gasteiger partial charge in [0.2, 0.25) is 5.91 Å². The van der Waals surface area contributed by atoms with Crippen molar-refractivity contribution in [2.24, 2.45) is 0 Å². The molecule has 1 aromatic carbocycles. The monoisotopic (exact) mass is 261 g/mol. The summed E-state index contributed by atoms with van der Waals surface area (Å²) in [6.45, 7) is 3.02. The lowest BCUT2D eigenvalue weighted by Crippen LogP contribution is -2.15. The lowest BCUT2D eigenvalue weighted by Gasteiger charge is -2.10. The Labute approximate surface area is 110 Å². The molecule has 0 fully saturated rings. The van der Waals surface area contributed by atoms with Crippen LogP contribution in [0.25, 0.3) is 0 Å². The number of hydrogen-bond donors (Lipinski definition) is 2. The molecule has 0 aliphatic rings. The van der Waals surface area contributed by atoms with Gasteiger partial charge in [-0.1, -0.05) is 18.2 Å². The van der Waals surface area contributed by atoms with Gasteiger partial charge in [-0.15, -0.1) is 11.3 Å². The average molecular weight is 261 g/mol. The van der Waals surface area contributed by atoms with Crippen molar-refractivity contribution in [2.45, 2.75) is 20.0 Å². The fourth-order valence-electron chi connectivity index (χ4n) is 1.64. The highest BCUT2D eigenvalue weighted by molar-refractivity contribution is 7.09. The molecule has 0 bridgehead atoms. The zero-order chi connectivity index (χ0) is 12.8. The van der Waals surface area contributed by atoms with E-state index in [1.54, 1.807) is 11.3 Å². The van der Waals surface area contributed by atoms with Gasteiger partial charge in [-0.2, -0.15) is 0 Å². The number of carbonyl (C=O) groups excluding carboxylic acids is 1. The Morgan fingerprint density at radius 2 is 2.17 bits per heavy atom. The number of nitrogens with one attached hydrogen (secondary N) is 2. The van der Waals surface area contributed by atoms with Crippen molar-refractivity contribution in [3.05, 3.63) is 46.4 Å². The number of rotatable bonds is 5. The first-order valence-electron chi connectivity index (χ1n) is 5.69. The summed E-state index contributed by atoms with van der Waals surface area (Å²) in [7, 11) is 0. The molecule has 0 aliphatic carbocycles. The molecule has 18 heavy (non-hydrogen) atoms. The summed E-state index contributed by atoms with van der Waals surface area (Å²) in [5.74, 6) is -0.0510. The Bertz CT molecular complexity index is 511. The van der Waals surface area contributed by atoms with Gasteiger partial charge in [0.25, 0.3) is 0 Å². The third-order valence-electron chi connectivity index (χ3n) is 2.43. The number of hydrogen-bond acceptors (Lipinski definition) is 4. The molecule has 1 aromatic heterocycles. The summed E-state index contributed by atoms with van der Waals surface area (Å²) in [6, 6.07) is 7.79. The van der Waals surface area contributed by atoms with E-state index in [4.69, 9.17) is 0 Å². The molecule has 0 radical (unpaired) electrons. The maximum absolute atomic E-state index is 11.1. The largest absolute Gasteiger partial charge is 0.326 e. The number of anilines is 1. The van der Waals surface area contributed by atoms with Crippen molar-refractivity contribution >= 4 is 22.9 Å². The van der Waals surface area contributed by atoms with Gasteiger partial charge in [0.1, 0.15) is 0 Å². The number of nitrogens with zero attached hydrogens (tertiary/aromatic N) is 1. The van der Waals surface area contributed by atoms with Crippen molar-refractivity contribution in [1.29, 1.82) is 0 Å². The number of para-hydroxylation sites is 1. The minimum atomic E-state index is -0.0510. The highest BCUT2D eigenvalue weighted by Gasteiger charge is 2.03. The molecule has 0 aliphatic heterocycles. The second-order valence-electron chi connectivity index (χ2n) is 3.91. The number of thiazole rings is 1. The van der Waals surface area contributed by atoms with E-state index in [0.717, 1.165) is 17.8 Å². The Kier molecular flexibility index (Phi) is 4.44. The second kappa shape index (κ2) is 6.28. The molecule has 94 valence electrons. The van der Waals surface area contributed by atoms with E-state index >= 15 is 0 Å². The van der Waals surface area contributed by atoms with Crippen LogP contribution in [0, 0.1) is 0 Å². The van der Waals surface area contributed by atoms with E-state index in [2.05, 4.69) is 15.6 Å². The topological polar surface area (TPSA) is 54.0 Å². The van der Waals surface area contributed by atoms with E-state index < -0.39 is 0 Å². The molecule has 2 aromatic rings. The van der Waals surface area contributed by atoms with Crippen LogP contribution in [-0.4, -0.2) is 10.9 Å². The van der Waals surface area contributed by atoms with Crippen molar-refractivity contribution in [1.82, 2.24) is 10.3 Å². The maximum atomic E-state index is 11.1. The Morgan fingerprint density at radius 3 is 2.89 bits per heavy atom. The lowest BCUT2D eigenvalue weighted by molar-refractivity contribution is -0.114. The Hall–Kier alpha value is -1.72. The Morgan fingerprint density at radius 1 is 1.33 bits per heavy atom. The summed E-state index contributed by atoms with van der Waals surface area (Å²) < 4.78 is 0. The van der Waals surface area contributed by atoms with Crippen molar-refractivity contribution < 1.29 is 4.79 Å². The summed E-state index contributed by atoms with van der Waals surface area (Å²) in [5.41, 5.74) is 3.77. The lowest BCUT2D eigenvalue weighted by atomic mass is 10.1. The molecule has 0 saturated carbocycles. The van der Waals surface area contributed by atoms with Crippen molar-refractivity contribution in [3.63, 3.8) is 0 Å². The van der Waals surface area contributed by atoms with Crippen LogP contribution in [0.5, 0.6) is 0 Å². The van der Waals surface area contributed by atoms with Crippen molar-refractivity contribution in [3.8, 4) is 0 Å². The quantitative estimate of drug-likeness (QED) is 0.869. The predicted molar refractivity (Wildman–Crippen MR) is 73.4 cm³/mol. The van der Waals surface area contributed by atoms with Gasteiger partial charge in [0, 0.05) is 36.8 Å². The van der Waals surface area contributed by atoms with Crippen LogP contribution in [0.2, 0.25) is 0 Å². The average Bonchev–Trinajstić information content (AvgIpc) is 2.84. The molecule has 5 heteroatoms. The van der Waals surface area contributed by atoms with Crippen LogP contribution in [0.4, 0.5) is 5.69 Å². The van der Waals surface area contributed by atoms with Crippen LogP contribution in [0.15, 0.2) is 36.0 Å². The van der Waals surface area contributed by atoms with Gasteiger partial charge in [-0.25, -0.2) is 0 Å². The fourth-order valence-corrected chi connectivity index (χ4v) is 2.20. The van der Waals surface area contributed by atoms with E-state index in [1.165, 1.54) is 11.8 Å². The zero-order valence-electron chi connectivity index (χ0n) is 10.1. The standard InChI is InChI=1S/C13H15N3OS/c1-10(17)16-13-5-3-2-4-11(13)6-14-7-12-8-15-9-18-12/h2-5,8-9,14H,6-7H2,1H3,(H,16,17). The molecule has 1 amide bonds. The normalized spacial score (nSPS) is 10.3. The van der Waals surface area contributed by atoms with E-state index in [-0.39, 0.29) is 5.91 Å². The highest BCUT2D eigenvalue weighted by atomic mass is 32.1. The first kappa shape index (κ1) is 12.7. The van der Waals surface area contributed by atoms with Crippen LogP contribution < -0.4 is 10.6 Å². The molecule has 1 heterocycles. The van der Waals surface area contributed by atoms with Crippen LogP contribution >= 0.6 is 11.3 Å². The van der Waals surface area contributed by atoms with E-state index in [0.29, 0.717) is 6.54 Å². The minimum absolute atomic E-state index is 0.0510. The van der Waals surface area contributed by atoms with Crippen LogP contribution in [0.1, 0.15) is 17.4 Å². The van der Waals surface area contributed by atoms with Gasteiger partial charge in [-0.3, -0.25) is 9.78 Å². The number of benzene rings is 1. The van der Waals surface area contributed by atoms with Gasteiger partial charge >= 0.3 is 0 Å².